The van der Waals surface area contributed by atoms with Gasteiger partial charge < -0.3 is 8.98 Å². The van der Waals surface area contributed by atoms with Crippen LogP contribution in [0.2, 0.25) is 0 Å². The minimum atomic E-state index is -3.09. The summed E-state index contributed by atoms with van der Waals surface area (Å²) in [7, 11) is -3.09. The molecule has 0 aliphatic heterocycles. The van der Waals surface area contributed by atoms with E-state index in [0.717, 1.165) is 71.2 Å². The van der Waals surface area contributed by atoms with Crippen LogP contribution in [-0.4, -0.2) is 0 Å². The van der Waals surface area contributed by atoms with Crippen LogP contribution in [0.25, 0.3) is 55.3 Å². The summed E-state index contributed by atoms with van der Waals surface area (Å²) in [6.45, 7) is 0. The largest absolute Gasteiger partial charge is 0.455 e. The van der Waals surface area contributed by atoms with E-state index in [0.29, 0.717) is 0 Å². The Kier molecular flexibility index (Phi) is 6.78. The lowest BCUT2D eigenvalue weighted by Crippen LogP contribution is -2.25. The first-order valence-corrected chi connectivity index (χ1v) is 16.8. The first-order valence-electron chi connectivity index (χ1n) is 15.1. The van der Waals surface area contributed by atoms with Gasteiger partial charge in [-0.3, -0.25) is 0 Å². The normalized spacial score (nSPS) is 11.6. The van der Waals surface area contributed by atoms with E-state index in [9.17, 15) is 0 Å². The fraction of sp³-hybridized carbons (Fsp3) is 0. The minimum absolute atomic E-state index is 0.815. The molecule has 0 saturated carbocycles. The molecule has 0 N–H and O–H groups in total. The van der Waals surface area contributed by atoms with Gasteiger partial charge >= 0.3 is 0 Å². The predicted octanol–water partition coefficient (Wildman–Crippen LogP) is 10.2. The van der Waals surface area contributed by atoms with Crippen LogP contribution >= 0.6 is 7.14 Å². The van der Waals surface area contributed by atoms with Crippen LogP contribution in [0.15, 0.2) is 180 Å². The molecule has 1 aromatic heterocycles. The Labute approximate surface area is 262 Å². The van der Waals surface area contributed by atoms with Gasteiger partial charge in [0.2, 0.25) is 0 Å². The van der Waals surface area contributed by atoms with Crippen LogP contribution in [0.4, 0.5) is 0 Å². The fourth-order valence-corrected chi connectivity index (χ4v) is 9.06. The van der Waals surface area contributed by atoms with Gasteiger partial charge in [0.1, 0.15) is 11.2 Å². The standard InChI is InChI=1S/C42H29O2P/c43-45(34-19-6-2-7-20-34,35-21-8-3-9-22-35)36-23-11-17-32(29-36)31-16-10-18-33(28-31)38-25-13-27-40-39-26-12-24-37(41(39)44-42(38)40)30-14-4-1-5-15-30/h1-29H. The van der Waals surface area contributed by atoms with Crippen LogP contribution < -0.4 is 15.9 Å². The van der Waals surface area contributed by atoms with Crippen LogP contribution in [0.3, 0.4) is 0 Å². The van der Waals surface area contributed by atoms with Crippen molar-refractivity contribution in [2.75, 3.05) is 0 Å². The Bertz CT molecular complexity index is 2300. The lowest BCUT2D eigenvalue weighted by molar-refractivity contribution is 0.592. The molecule has 8 aromatic rings. The highest BCUT2D eigenvalue weighted by molar-refractivity contribution is 7.85. The molecule has 1 heterocycles. The molecule has 0 aliphatic carbocycles. The summed E-state index contributed by atoms with van der Waals surface area (Å²) in [5.41, 5.74) is 8.17. The van der Waals surface area contributed by atoms with E-state index in [1.54, 1.807) is 0 Å². The molecule has 214 valence electrons. The molecule has 0 aliphatic rings. The fourth-order valence-electron chi connectivity index (χ4n) is 6.36. The van der Waals surface area contributed by atoms with Gasteiger partial charge in [-0.05, 0) is 34.4 Å². The first-order chi connectivity index (χ1) is 22.2. The van der Waals surface area contributed by atoms with Crippen molar-refractivity contribution < 1.29 is 8.98 Å². The third-order valence-corrected chi connectivity index (χ3v) is 11.6. The second-order valence-electron chi connectivity index (χ2n) is 11.2. The molecule has 0 unspecified atom stereocenters. The second-order valence-corrected chi connectivity index (χ2v) is 14.0. The third kappa shape index (κ3) is 4.72. The highest BCUT2D eigenvalue weighted by Crippen LogP contribution is 2.44. The average Bonchev–Trinajstić information content (AvgIpc) is 3.52. The van der Waals surface area contributed by atoms with Crippen molar-refractivity contribution in [1.29, 1.82) is 0 Å². The average molecular weight is 597 g/mol. The van der Waals surface area contributed by atoms with E-state index >= 15 is 4.57 Å². The monoisotopic (exact) mass is 596 g/mol. The molecule has 2 nitrogen and oxygen atoms in total. The Morgan fingerprint density at radius 3 is 1.38 bits per heavy atom. The van der Waals surface area contributed by atoms with Gasteiger partial charge in [-0.15, -0.1) is 0 Å². The molecular formula is C42H29O2P. The van der Waals surface area contributed by atoms with Crippen molar-refractivity contribution >= 4 is 45.0 Å². The van der Waals surface area contributed by atoms with Gasteiger partial charge in [-0.2, -0.15) is 0 Å². The van der Waals surface area contributed by atoms with E-state index < -0.39 is 7.14 Å². The van der Waals surface area contributed by atoms with E-state index in [2.05, 4.69) is 97.1 Å². The van der Waals surface area contributed by atoms with Crippen LogP contribution in [0.1, 0.15) is 0 Å². The van der Waals surface area contributed by atoms with Gasteiger partial charge in [-0.1, -0.05) is 164 Å². The second kappa shape index (κ2) is 11.2. The molecular weight excluding hydrogens is 567 g/mol. The zero-order valence-electron chi connectivity index (χ0n) is 24.5. The Hall–Kier alpha value is -5.43. The molecule has 45 heavy (non-hydrogen) atoms. The molecule has 0 atom stereocenters. The van der Waals surface area contributed by atoms with Gasteiger partial charge in [0.25, 0.3) is 0 Å². The Balaban J connectivity index is 1.25. The predicted molar refractivity (Wildman–Crippen MR) is 189 cm³/mol. The summed E-state index contributed by atoms with van der Waals surface area (Å²) in [6.07, 6.45) is 0. The maximum absolute atomic E-state index is 15.0. The molecule has 0 radical (unpaired) electrons. The van der Waals surface area contributed by atoms with E-state index in [1.807, 2.05) is 78.9 Å². The van der Waals surface area contributed by atoms with Gasteiger partial charge in [0.05, 0.1) is 0 Å². The maximum Gasteiger partial charge on any atom is 0.171 e. The lowest BCUT2D eigenvalue weighted by atomic mass is 9.97. The van der Waals surface area contributed by atoms with Gasteiger partial charge in [0.15, 0.2) is 7.14 Å². The third-order valence-electron chi connectivity index (χ3n) is 8.57. The molecule has 3 heteroatoms. The zero-order valence-corrected chi connectivity index (χ0v) is 25.4. The van der Waals surface area contributed by atoms with Gasteiger partial charge in [0, 0.05) is 37.8 Å². The summed E-state index contributed by atoms with van der Waals surface area (Å²) in [5, 5.41) is 4.67. The van der Waals surface area contributed by atoms with Crippen molar-refractivity contribution in [3.8, 4) is 33.4 Å². The molecule has 0 amide bonds. The highest BCUT2D eigenvalue weighted by Gasteiger charge is 2.29. The lowest BCUT2D eigenvalue weighted by Gasteiger charge is -2.20. The number of benzene rings is 7. The topological polar surface area (TPSA) is 30.2 Å². The number of rotatable bonds is 6. The zero-order chi connectivity index (χ0) is 30.2. The molecule has 8 rings (SSSR count). The summed E-state index contributed by atoms with van der Waals surface area (Å²) in [6, 6.07) is 59.5. The first kappa shape index (κ1) is 27.1. The number of hydrogen-bond acceptors (Lipinski definition) is 2. The number of para-hydroxylation sites is 2. The Morgan fingerprint density at radius 1 is 0.356 bits per heavy atom. The number of fused-ring (bicyclic) bond motifs is 3. The minimum Gasteiger partial charge on any atom is -0.455 e. The van der Waals surface area contributed by atoms with Gasteiger partial charge in [-0.25, -0.2) is 0 Å². The van der Waals surface area contributed by atoms with Crippen LogP contribution in [-0.2, 0) is 4.57 Å². The maximum atomic E-state index is 15.0. The van der Waals surface area contributed by atoms with Crippen LogP contribution in [0.5, 0.6) is 0 Å². The molecule has 0 saturated heterocycles. The summed E-state index contributed by atoms with van der Waals surface area (Å²) < 4.78 is 21.7. The van der Waals surface area contributed by atoms with Crippen molar-refractivity contribution in [2.24, 2.45) is 0 Å². The molecule has 7 aromatic carbocycles. The Morgan fingerprint density at radius 2 is 0.778 bits per heavy atom. The molecule has 0 spiro atoms. The summed E-state index contributed by atoms with van der Waals surface area (Å²) in [4.78, 5) is 0. The SMILES string of the molecule is O=P(c1ccccc1)(c1ccccc1)c1cccc(-c2cccc(-c3cccc4c3oc3c(-c5ccccc5)cccc34)c2)c1. The van der Waals surface area contributed by atoms with Crippen molar-refractivity contribution in [3.05, 3.63) is 176 Å². The van der Waals surface area contributed by atoms with Crippen molar-refractivity contribution in [1.82, 2.24) is 0 Å². The van der Waals surface area contributed by atoms with Crippen LogP contribution in [0, 0.1) is 0 Å². The smallest absolute Gasteiger partial charge is 0.171 e. The molecule has 0 fully saturated rings. The summed E-state index contributed by atoms with van der Waals surface area (Å²) >= 11 is 0. The van der Waals surface area contributed by atoms with Crippen molar-refractivity contribution in [3.63, 3.8) is 0 Å². The quantitative estimate of drug-likeness (QED) is 0.179. The number of furan rings is 1. The van der Waals surface area contributed by atoms with E-state index in [1.165, 1.54) is 0 Å². The number of hydrogen-bond donors (Lipinski definition) is 0. The molecule has 0 bridgehead atoms. The van der Waals surface area contributed by atoms with E-state index in [-0.39, 0.29) is 0 Å². The van der Waals surface area contributed by atoms with E-state index in [4.69, 9.17) is 4.42 Å². The van der Waals surface area contributed by atoms with Crippen molar-refractivity contribution in [2.45, 2.75) is 0 Å². The summed E-state index contributed by atoms with van der Waals surface area (Å²) in [5.74, 6) is 0. The highest BCUT2D eigenvalue weighted by atomic mass is 31.2.